The minimum atomic E-state index is -2.78. The standard InChI is InChI=1S/C9H20N2O2S/c1-2-5-11-9(8-10)3-6-14(12,13)7-4-9/h11H,2-8,10H2,1H3. The molecule has 0 unspecified atom stereocenters. The third-order valence-corrected chi connectivity index (χ3v) is 4.58. The van der Waals surface area contributed by atoms with Crippen molar-refractivity contribution in [1.82, 2.24) is 5.32 Å². The molecular formula is C9H20N2O2S. The smallest absolute Gasteiger partial charge is 0.150 e. The molecule has 0 amide bonds. The van der Waals surface area contributed by atoms with E-state index < -0.39 is 9.84 Å². The molecule has 1 aliphatic heterocycles. The summed E-state index contributed by atoms with van der Waals surface area (Å²) in [7, 11) is -2.78. The van der Waals surface area contributed by atoms with Gasteiger partial charge in [-0.05, 0) is 25.8 Å². The van der Waals surface area contributed by atoms with E-state index in [4.69, 9.17) is 5.73 Å². The van der Waals surface area contributed by atoms with Crippen molar-refractivity contribution >= 4 is 9.84 Å². The lowest BCUT2D eigenvalue weighted by Gasteiger charge is -2.37. The summed E-state index contributed by atoms with van der Waals surface area (Å²) in [4.78, 5) is 0. The van der Waals surface area contributed by atoms with Crippen molar-refractivity contribution in [1.29, 1.82) is 0 Å². The normalized spacial score (nSPS) is 24.7. The van der Waals surface area contributed by atoms with Crippen LogP contribution in [0.15, 0.2) is 0 Å². The van der Waals surface area contributed by atoms with E-state index in [0.717, 1.165) is 13.0 Å². The predicted octanol–water partition coefficient (Wildman–Crippen LogP) is -0.108. The van der Waals surface area contributed by atoms with Crippen LogP contribution in [0, 0.1) is 0 Å². The molecule has 0 aromatic rings. The predicted molar refractivity (Wildman–Crippen MR) is 58.0 cm³/mol. The van der Waals surface area contributed by atoms with Gasteiger partial charge in [0.2, 0.25) is 0 Å². The van der Waals surface area contributed by atoms with Crippen LogP contribution in [-0.4, -0.2) is 38.6 Å². The van der Waals surface area contributed by atoms with E-state index in [9.17, 15) is 8.42 Å². The van der Waals surface area contributed by atoms with Gasteiger partial charge in [-0.3, -0.25) is 0 Å². The second-order valence-corrected chi connectivity index (χ2v) is 6.37. The average molecular weight is 220 g/mol. The van der Waals surface area contributed by atoms with Crippen LogP contribution in [0.1, 0.15) is 26.2 Å². The molecule has 0 aliphatic carbocycles. The van der Waals surface area contributed by atoms with Crippen LogP contribution in [0.2, 0.25) is 0 Å². The number of nitrogens with two attached hydrogens (primary N) is 1. The second-order valence-electron chi connectivity index (χ2n) is 4.06. The van der Waals surface area contributed by atoms with E-state index in [1.165, 1.54) is 0 Å². The first-order chi connectivity index (χ1) is 6.54. The van der Waals surface area contributed by atoms with E-state index >= 15 is 0 Å². The Balaban J connectivity index is 2.56. The molecule has 3 N–H and O–H groups in total. The van der Waals surface area contributed by atoms with Gasteiger partial charge >= 0.3 is 0 Å². The van der Waals surface area contributed by atoms with Gasteiger partial charge in [-0.2, -0.15) is 0 Å². The average Bonchev–Trinajstić information content (AvgIpc) is 2.18. The molecule has 5 heteroatoms. The number of nitrogens with one attached hydrogen (secondary N) is 1. The highest BCUT2D eigenvalue weighted by Crippen LogP contribution is 2.22. The van der Waals surface area contributed by atoms with Crippen LogP contribution in [0.4, 0.5) is 0 Å². The Morgan fingerprint density at radius 3 is 2.36 bits per heavy atom. The third kappa shape index (κ3) is 2.93. The molecule has 0 aromatic heterocycles. The first kappa shape index (κ1) is 11.9. The number of hydrogen-bond acceptors (Lipinski definition) is 4. The summed E-state index contributed by atoms with van der Waals surface area (Å²) in [6.45, 7) is 3.54. The molecule has 0 bridgehead atoms. The van der Waals surface area contributed by atoms with E-state index in [2.05, 4.69) is 12.2 Å². The van der Waals surface area contributed by atoms with Crippen LogP contribution in [0.5, 0.6) is 0 Å². The van der Waals surface area contributed by atoms with Gasteiger partial charge in [0, 0.05) is 12.1 Å². The van der Waals surface area contributed by atoms with Crippen molar-refractivity contribution in [2.75, 3.05) is 24.6 Å². The van der Waals surface area contributed by atoms with Crippen molar-refractivity contribution in [2.45, 2.75) is 31.7 Å². The van der Waals surface area contributed by atoms with Crippen molar-refractivity contribution in [2.24, 2.45) is 5.73 Å². The molecule has 1 aliphatic rings. The van der Waals surface area contributed by atoms with Gasteiger partial charge in [-0.25, -0.2) is 8.42 Å². The fraction of sp³-hybridized carbons (Fsp3) is 1.00. The van der Waals surface area contributed by atoms with Gasteiger partial charge in [0.25, 0.3) is 0 Å². The van der Waals surface area contributed by atoms with Gasteiger partial charge in [-0.15, -0.1) is 0 Å². The molecule has 0 radical (unpaired) electrons. The summed E-state index contributed by atoms with van der Waals surface area (Å²) < 4.78 is 22.5. The van der Waals surface area contributed by atoms with Crippen molar-refractivity contribution in [3.63, 3.8) is 0 Å². The third-order valence-electron chi connectivity index (χ3n) is 2.92. The zero-order valence-corrected chi connectivity index (χ0v) is 9.57. The first-order valence-corrected chi connectivity index (χ1v) is 7.01. The highest BCUT2D eigenvalue weighted by molar-refractivity contribution is 7.91. The van der Waals surface area contributed by atoms with Crippen molar-refractivity contribution in [3.8, 4) is 0 Å². The Bertz CT molecular complexity index is 261. The van der Waals surface area contributed by atoms with Crippen LogP contribution in [0.3, 0.4) is 0 Å². The molecule has 0 aromatic carbocycles. The zero-order valence-electron chi connectivity index (χ0n) is 8.75. The van der Waals surface area contributed by atoms with Crippen LogP contribution >= 0.6 is 0 Å². The highest BCUT2D eigenvalue weighted by Gasteiger charge is 2.35. The lowest BCUT2D eigenvalue weighted by Crippen LogP contribution is -2.55. The highest BCUT2D eigenvalue weighted by atomic mass is 32.2. The molecular weight excluding hydrogens is 200 g/mol. The van der Waals surface area contributed by atoms with E-state index in [0.29, 0.717) is 19.4 Å². The Hall–Kier alpha value is -0.130. The van der Waals surface area contributed by atoms with Crippen LogP contribution in [-0.2, 0) is 9.84 Å². The molecule has 0 saturated carbocycles. The molecule has 0 atom stereocenters. The lowest BCUT2D eigenvalue weighted by atomic mass is 9.92. The maximum atomic E-state index is 11.3. The SMILES string of the molecule is CCCNC1(CN)CCS(=O)(=O)CC1. The minimum Gasteiger partial charge on any atom is -0.329 e. The van der Waals surface area contributed by atoms with Gasteiger partial charge in [0.1, 0.15) is 9.84 Å². The van der Waals surface area contributed by atoms with E-state index in [1.54, 1.807) is 0 Å². The van der Waals surface area contributed by atoms with Gasteiger partial charge in [0.05, 0.1) is 11.5 Å². The Labute approximate surface area is 86.2 Å². The van der Waals surface area contributed by atoms with E-state index in [1.807, 2.05) is 0 Å². The molecule has 1 rings (SSSR count). The zero-order chi connectivity index (χ0) is 10.7. The Morgan fingerprint density at radius 2 is 1.93 bits per heavy atom. The van der Waals surface area contributed by atoms with Crippen molar-refractivity contribution in [3.05, 3.63) is 0 Å². The topological polar surface area (TPSA) is 72.2 Å². The molecule has 1 heterocycles. The molecule has 84 valence electrons. The summed E-state index contributed by atoms with van der Waals surface area (Å²) in [5, 5.41) is 3.38. The van der Waals surface area contributed by atoms with E-state index in [-0.39, 0.29) is 17.0 Å². The summed E-state index contributed by atoms with van der Waals surface area (Å²) in [6.07, 6.45) is 2.37. The van der Waals surface area contributed by atoms with Crippen LogP contribution < -0.4 is 11.1 Å². The first-order valence-electron chi connectivity index (χ1n) is 5.19. The summed E-state index contributed by atoms with van der Waals surface area (Å²) in [6, 6.07) is 0. The molecule has 4 nitrogen and oxygen atoms in total. The minimum absolute atomic E-state index is 0.124. The number of rotatable bonds is 4. The largest absolute Gasteiger partial charge is 0.329 e. The van der Waals surface area contributed by atoms with Crippen molar-refractivity contribution < 1.29 is 8.42 Å². The quantitative estimate of drug-likeness (QED) is 0.693. The molecule has 1 fully saturated rings. The fourth-order valence-corrected chi connectivity index (χ4v) is 3.38. The Kier molecular flexibility index (Phi) is 3.92. The van der Waals surface area contributed by atoms with Crippen LogP contribution in [0.25, 0.3) is 0 Å². The fourth-order valence-electron chi connectivity index (χ4n) is 1.77. The van der Waals surface area contributed by atoms with Gasteiger partial charge < -0.3 is 11.1 Å². The Morgan fingerprint density at radius 1 is 1.36 bits per heavy atom. The summed E-state index contributed by atoms with van der Waals surface area (Å²) in [5.41, 5.74) is 5.59. The molecule has 14 heavy (non-hydrogen) atoms. The maximum absolute atomic E-state index is 11.3. The summed E-state index contributed by atoms with van der Waals surface area (Å²) in [5.74, 6) is 0.557. The maximum Gasteiger partial charge on any atom is 0.150 e. The number of sulfone groups is 1. The summed E-state index contributed by atoms with van der Waals surface area (Å²) >= 11 is 0. The van der Waals surface area contributed by atoms with Gasteiger partial charge in [0.15, 0.2) is 0 Å². The van der Waals surface area contributed by atoms with Gasteiger partial charge in [-0.1, -0.05) is 6.92 Å². The number of hydrogen-bond donors (Lipinski definition) is 2. The molecule has 1 saturated heterocycles. The lowest BCUT2D eigenvalue weighted by molar-refractivity contribution is 0.303. The monoisotopic (exact) mass is 220 g/mol. The second kappa shape index (κ2) is 4.59. The molecule has 0 spiro atoms.